The van der Waals surface area contributed by atoms with Crippen molar-refractivity contribution in [2.24, 2.45) is 11.8 Å². The smallest absolute Gasteiger partial charge is 0.178 e. The molecule has 2 unspecified atom stereocenters. The van der Waals surface area contributed by atoms with Crippen molar-refractivity contribution in [2.45, 2.75) is 32.7 Å². The van der Waals surface area contributed by atoms with Crippen LogP contribution in [0.15, 0.2) is 24.3 Å². The average Bonchev–Trinajstić information content (AvgIpc) is 2.85. The van der Waals surface area contributed by atoms with Crippen molar-refractivity contribution in [2.75, 3.05) is 0 Å². The lowest BCUT2D eigenvalue weighted by Gasteiger charge is -2.11. The van der Waals surface area contributed by atoms with Crippen LogP contribution in [0.1, 0.15) is 26.2 Å². The molecule has 0 bridgehead atoms. The summed E-state index contributed by atoms with van der Waals surface area (Å²) in [4.78, 5) is 3.29. The van der Waals surface area contributed by atoms with Gasteiger partial charge in [-0.25, -0.2) is 0 Å². The maximum atomic E-state index is 5.42. The molecule has 3 heteroatoms. The van der Waals surface area contributed by atoms with Crippen molar-refractivity contribution >= 4 is 23.3 Å². The van der Waals surface area contributed by atoms with Crippen molar-refractivity contribution in [3.05, 3.63) is 29.0 Å². The topological polar surface area (TPSA) is 20.7 Å². The van der Waals surface area contributed by atoms with Crippen molar-refractivity contribution in [1.29, 1.82) is 0 Å². The predicted octanol–water partition coefficient (Wildman–Crippen LogP) is 4.14. The number of para-hydroxylation sites is 2. The lowest BCUT2D eigenvalue weighted by molar-refractivity contribution is 0.444. The van der Waals surface area contributed by atoms with Crippen LogP contribution in [-0.2, 0) is 6.54 Å². The first-order valence-electron chi connectivity index (χ1n) is 6.41. The fourth-order valence-electron chi connectivity index (χ4n) is 3.04. The molecule has 1 aliphatic carbocycles. The molecule has 17 heavy (non-hydrogen) atoms. The van der Waals surface area contributed by atoms with E-state index in [1.165, 1.54) is 24.8 Å². The molecule has 0 saturated heterocycles. The van der Waals surface area contributed by atoms with Crippen molar-refractivity contribution in [3.8, 4) is 0 Å². The van der Waals surface area contributed by atoms with Gasteiger partial charge in [0.25, 0.3) is 0 Å². The summed E-state index contributed by atoms with van der Waals surface area (Å²) in [6.07, 6.45) is 4.07. The van der Waals surface area contributed by atoms with E-state index in [2.05, 4.69) is 40.7 Å². The summed E-state index contributed by atoms with van der Waals surface area (Å²) in [6.45, 7) is 3.43. The van der Waals surface area contributed by atoms with Crippen LogP contribution in [0.4, 0.5) is 0 Å². The fraction of sp³-hybridized carbons (Fsp3) is 0.500. The van der Waals surface area contributed by atoms with Gasteiger partial charge in [-0.3, -0.25) is 0 Å². The minimum atomic E-state index is 0.802. The largest absolute Gasteiger partial charge is 0.331 e. The van der Waals surface area contributed by atoms with Gasteiger partial charge in [0, 0.05) is 6.54 Å². The molecule has 1 aliphatic rings. The van der Waals surface area contributed by atoms with E-state index in [-0.39, 0.29) is 0 Å². The van der Waals surface area contributed by atoms with Crippen LogP contribution in [0.25, 0.3) is 11.0 Å². The van der Waals surface area contributed by atoms with Crippen LogP contribution < -0.4 is 0 Å². The number of fused-ring (bicyclic) bond motifs is 1. The number of hydrogen-bond donors (Lipinski definition) is 1. The highest BCUT2D eigenvalue weighted by molar-refractivity contribution is 7.71. The number of benzene rings is 1. The number of H-pyrrole nitrogens is 1. The maximum absolute atomic E-state index is 5.42. The molecule has 1 heterocycles. The molecule has 1 N–H and O–H groups in total. The zero-order valence-electron chi connectivity index (χ0n) is 10.1. The zero-order chi connectivity index (χ0) is 11.8. The van der Waals surface area contributed by atoms with E-state index in [1.807, 2.05) is 0 Å². The fourth-order valence-corrected chi connectivity index (χ4v) is 3.32. The van der Waals surface area contributed by atoms with Gasteiger partial charge in [0.15, 0.2) is 4.77 Å². The Morgan fingerprint density at radius 2 is 2.18 bits per heavy atom. The molecular formula is C14H18N2S. The SMILES string of the molecule is CC1CCC(Cn2c(=S)[nH]c3ccccc32)C1. The summed E-state index contributed by atoms with van der Waals surface area (Å²) in [7, 11) is 0. The van der Waals surface area contributed by atoms with Gasteiger partial charge >= 0.3 is 0 Å². The summed E-state index contributed by atoms with van der Waals surface area (Å²) in [5, 5.41) is 0. The molecule has 2 aromatic rings. The zero-order valence-corrected chi connectivity index (χ0v) is 11.0. The Morgan fingerprint density at radius 3 is 2.94 bits per heavy atom. The lowest BCUT2D eigenvalue weighted by Crippen LogP contribution is -2.07. The van der Waals surface area contributed by atoms with Gasteiger partial charge in [-0.05, 0) is 49.0 Å². The summed E-state index contributed by atoms with van der Waals surface area (Å²) in [6, 6.07) is 8.38. The van der Waals surface area contributed by atoms with E-state index in [4.69, 9.17) is 12.2 Å². The third-order valence-electron chi connectivity index (χ3n) is 3.93. The minimum Gasteiger partial charge on any atom is -0.331 e. The first-order valence-corrected chi connectivity index (χ1v) is 6.82. The van der Waals surface area contributed by atoms with E-state index in [0.29, 0.717) is 0 Å². The van der Waals surface area contributed by atoms with E-state index < -0.39 is 0 Å². The third kappa shape index (κ3) is 2.04. The molecule has 0 aliphatic heterocycles. The quantitative estimate of drug-likeness (QED) is 0.790. The molecule has 2 atom stereocenters. The van der Waals surface area contributed by atoms with Crippen LogP contribution in [-0.4, -0.2) is 9.55 Å². The Labute approximate surface area is 107 Å². The second kappa shape index (κ2) is 4.30. The number of rotatable bonds is 2. The minimum absolute atomic E-state index is 0.802. The molecule has 1 saturated carbocycles. The Bertz CT molecular complexity index is 581. The Hall–Kier alpha value is -1.09. The summed E-state index contributed by atoms with van der Waals surface area (Å²) >= 11 is 5.42. The maximum Gasteiger partial charge on any atom is 0.178 e. The molecule has 0 amide bonds. The number of nitrogens with zero attached hydrogens (tertiary/aromatic N) is 1. The first-order chi connectivity index (χ1) is 8.24. The highest BCUT2D eigenvalue weighted by Crippen LogP contribution is 2.32. The molecule has 0 radical (unpaired) electrons. The number of nitrogens with one attached hydrogen (secondary N) is 1. The second-order valence-corrected chi connectivity index (χ2v) is 5.73. The molecule has 1 fully saturated rings. The highest BCUT2D eigenvalue weighted by Gasteiger charge is 2.22. The summed E-state index contributed by atoms with van der Waals surface area (Å²) < 4.78 is 3.14. The van der Waals surface area contributed by atoms with Gasteiger partial charge in [0.2, 0.25) is 0 Å². The number of aromatic amines is 1. The van der Waals surface area contributed by atoms with E-state index in [9.17, 15) is 0 Å². The molecule has 1 aromatic carbocycles. The lowest BCUT2D eigenvalue weighted by atomic mass is 10.1. The van der Waals surface area contributed by atoms with Crippen LogP contribution in [0.2, 0.25) is 0 Å². The first kappa shape index (κ1) is 11.0. The normalized spacial score (nSPS) is 24.5. The van der Waals surface area contributed by atoms with Gasteiger partial charge in [0.1, 0.15) is 0 Å². The Balaban J connectivity index is 1.94. The average molecular weight is 246 g/mol. The van der Waals surface area contributed by atoms with E-state index in [0.717, 1.165) is 28.7 Å². The number of imidazole rings is 1. The molecule has 1 aromatic heterocycles. The van der Waals surface area contributed by atoms with Crippen molar-refractivity contribution in [3.63, 3.8) is 0 Å². The van der Waals surface area contributed by atoms with E-state index >= 15 is 0 Å². The van der Waals surface area contributed by atoms with Crippen LogP contribution in [0.5, 0.6) is 0 Å². The predicted molar refractivity (Wildman–Crippen MR) is 73.6 cm³/mol. The molecule has 0 spiro atoms. The molecule has 3 rings (SSSR count). The number of hydrogen-bond acceptors (Lipinski definition) is 1. The molecule has 90 valence electrons. The summed E-state index contributed by atoms with van der Waals surface area (Å²) in [5.41, 5.74) is 2.40. The van der Waals surface area contributed by atoms with Gasteiger partial charge in [-0.2, -0.15) is 0 Å². The van der Waals surface area contributed by atoms with Gasteiger partial charge in [0.05, 0.1) is 11.0 Å². The Kier molecular flexibility index (Phi) is 2.79. The van der Waals surface area contributed by atoms with Crippen molar-refractivity contribution < 1.29 is 0 Å². The van der Waals surface area contributed by atoms with Gasteiger partial charge in [-0.15, -0.1) is 0 Å². The van der Waals surface area contributed by atoms with Crippen LogP contribution in [0.3, 0.4) is 0 Å². The molecule has 2 nitrogen and oxygen atoms in total. The monoisotopic (exact) mass is 246 g/mol. The third-order valence-corrected chi connectivity index (χ3v) is 4.25. The molecular weight excluding hydrogens is 228 g/mol. The van der Waals surface area contributed by atoms with Crippen molar-refractivity contribution in [1.82, 2.24) is 9.55 Å². The van der Waals surface area contributed by atoms with Crippen LogP contribution in [0, 0.1) is 16.6 Å². The Morgan fingerprint density at radius 1 is 1.35 bits per heavy atom. The summed E-state index contributed by atoms with van der Waals surface area (Å²) in [5.74, 6) is 1.69. The van der Waals surface area contributed by atoms with E-state index in [1.54, 1.807) is 0 Å². The number of aromatic nitrogens is 2. The van der Waals surface area contributed by atoms with Crippen LogP contribution >= 0.6 is 12.2 Å². The highest BCUT2D eigenvalue weighted by atomic mass is 32.1. The van der Waals surface area contributed by atoms with Gasteiger partial charge < -0.3 is 9.55 Å². The standard InChI is InChI=1S/C14H18N2S/c1-10-6-7-11(8-10)9-16-13-5-3-2-4-12(13)15-14(16)17/h2-5,10-11H,6-9H2,1H3,(H,15,17). The van der Waals surface area contributed by atoms with Gasteiger partial charge in [-0.1, -0.05) is 25.5 Å². The second-order valence-electron chi connectivity index (χ2n) is 5.34.